The lowest BCUT2D eigenvalue weighted by molar-refractivity contribution is -0.117. The highest BCUT2D eigenvalue weighted by atomic mass is 16.2. The van der Waals surface area contributed by atoms with Crippen molar-refractivity contribution in [1.29, 1.82) is 0 Å². The number of hydrogen-bond donors (Lipinski definition) is 3. The van der Waals surface area contributed by atoms with Crippen molar-refractivity contribution in [3.8, 4) is 0 Å². The zero-order valence-electron chi connectivity index (χ0n) is 11.0. The first-order chi connectivity index (χ1) is 8.65. The van der Waals surface area contributed by atoms with Crippen LogP contribution >= 0.6 is 0 Å². The second-order valence-corrected chi connectivity index (χ2v) is 4.86. The van der Waals surface area contributed by atoms with Crippen molar-refractivity contribution in [3.05, 3.63) is 28.8 Å². The fourth-order valence-corrected chi connectivity index (χ4v) is 2.41. The highest BCUT2D eigenvalue weighted by molar-refractivity contribution is 6.03. The number of unbranched alkanes of at least 4 members (excludes halogenated alkanes) is 1. The van der Waals surface area contributed by atoms with Gasteiger partial charge < -0.3 is 16.4 Å². The molecule has 1 unspecified atom stereocenters. The first-order valence-electron chi connectivity index (χ1n) is 6.49. The molecular weight excluding hydrogens is 226 g/mol. The van der Waals surface area contributed by atoms with Crippen molar-refractivity contribution in [2.45, 2.75) is 32.7 Å². The summed E-state index contributed by atoms with van der Waals surface area (Å²) in [5.74, 6) is 0.0511. The number of nitrogens with two attached hydrogens (primary N) is 1. The van der Waals surface area contributed by atoms with Gasteiger partial charge in [0.1, 0.15) is 6.04 Å². The van der Waals surface area contributed by atoms with Crippen LogP contribution < -0.4 is 16.4 Å². The van der Waals surface area contributed by atoms with E-state index < -0.39 is 0 Å². The fourth-order valence-electron chi connectivity index (χ4n) is 2.41. The van der Waals surface area contributed by atoms with Gasteiger partial charge in [0, 0.05) is 11.3 Å². The molecule has 1 atom stereocenters. The van der Waals surface area contributed by atoms with E-state index in [0.717, 1.165) is 41.8 Å². The van der Waals surface area contributed by atoms with Crippen LogP contribution in [0.15, 0.2) is 12.1 Å². The smallest absolute Gasteiger partial charge is 0.246 e. The molecule has 0 fully saturated rings. The highest BCUT2D eigenvalue weighted by Crippen LogP contribution is 2.35. The minimum Gasteiger partial charge on any atom is -0.330 e. The monoisotopic (exact) mass is 247 g/mol. The largest absolute Gasteiger partial charge is 0.330 e. The van der Waals surface area contributed by atoms with E-state index in [4.69, 9.17) is 5.73 Å². The third-order valence-electron chi connectivity index (χ3n) is 3.45. The number of amides is 1. The van der Waals surface area contributed by atoms with Crippen LogP contribution in [0.2, 0.25) is 0 Å². The fraction of sp³-hybridized carbons (Fsp3) is 0.500. The van der Waals surface area contributed by atoms with Crippen molar-refractivity contribution >= 4 is 11.6 Å². The van der Waals surface area contributed by atoms with Crippen LogP contribution in [-0.4, -0.2) is 19.0 Å². The van der Waals surface area contributed by atoms with Gasteiger partial charge >= 0.3 is 0 Å². The Morgan fingerprint density at radius 3 is 2.72 bits per heavy atom. The molecule has 1 aromatic rings. The molecule has 1 aliphatic rings. The number of anilines is 1. The van der Waals surface area contributed by atoms with E-state index >= 15 is 0 Å². The molecule has 0 spiro atoms. The van der Waals surface area contributed by atoms with Gasteiger partial charge in [-0.1, -0.05) is 12.1 Å². The van der Waals surface area contributed by atoms with Crippen LogP contribution in [0.25, 0.3) is 0 Å². The van der Waals surface area contributed by atoms with Crippen LogP contribution in [0.3, 0.4) is 0 Å². The molecule has 0 aliphatic carbocycles. The lowest BCUT2D eigenvalue weighted by Crippen LogP contribution is -2.28. The molecule has 4 N–H and O–H groups in total. The predicted octanol–water partition coefficient (Wildman–Crippen LogP) is 1.63. The summed E-state index contributed by atoms with van der Waals surface area (Å²) in [4.78, 5) is 12.0. The summed E-state index contributed by atoms with van der Waals surface area (Å²) in [5, 5.41) is 6.29. The van der Waals surface area contributed by atoms with Gasteiger partial charge in [0.15, 0.2) is 0 Å². The molecule has 0 aromatic heterocycles. The average Bonchev–Trinajstić information content (AvgIpc) is 2.68. The first-order valence-corrected chi connectivity index (χ1v) is 6.49. The second kappa shape index (κ2) is 5.50. The van der Waals surface area contributed by atoms with Crippen molar-refractivity contribution in [2.75, 3.05) is 18.4 Å². The van der Waals surface area contributed by atoms with Crippen molar-refractivity contribution in [1.82, 2.24) is 5.32 Å². The molecule has 1 amide bonds. The predicted molar refractivity (Wildman–Crippen MR) is 73.6 cm³/mol. The van der Waals surface area contributed by atoms with E-state index in [1.807, 2.05) is 19.9 Å². The number of rotatable bonds is 5. The maximum absolute atomic E-state index is 12.0. The number of carbonyl (C=O) groups excluding carboxylic acids is 1. The number of nitrogens with one attached hydrogen (secondary N) is 2. The van der Waals surface area contributed by atoms with E-state index in [2.05, 4.69) is 16.7 Å². The van der Waals surface area contributed by atoms with Crippen LogP contribution in [0, 0.1) is 13.8 Å². The molecule has 18 heavy (non-hydrogen) atoms. The molecule has 1 aromatic carbocycles. The van der Waals surface area contributed by atoms with Gasteiger partial charge in [-0.25, -0.2) is 0 Å². The molecule has 4 nitrogen and oxygen atoms in total. The van der Waals surface area contributed by atoms with Crippen molar-refractivity contribution in [3.63, 3.8) is 0 Å². The molecule has 0 saturated carbocycles. The van der Waals surface area contributed by atoms with E-state index in [0.29, 0.717) is 6.54 Å². The maximum Gasteiger partial charge on any atom is 0.246 e. The number of carbonyl (C=O) groups is 1. The van der Waals surface area contributed by atoms with E-state index in [-0.39, 0.29) is 11.9 Å². The third-order valence-corrected chi connectivity index (χ3v) is 3.45. The number of fused-ring (bicyclic) bond motifs is 1. The Kier molecular flexibility index (Phi) is 3.99. The van der Waals surface area contributed by atoms with Crippen LogP contribution in [-0.2, 0) is 4.79 Å². The van der Waals surface area contributed by atoms with Gasteiger partial charge in [0.25, 0.3) is 0 Å². The summed E-state index contributed by atoms with van der Waals surface area (Å²) in [6, 6.07) is 3.91. The SMILES string of the molecule is Cc1ccc(C)c2c1NC(=O)C2NCCCCN. The van der Waals surface area contributed by atoms with Gasteiger partial charge in [0.05, 0.1) is 0 Å². The van der Waals surface area contributed by atoms with Crippen molar-refractivity contribution in [2.24, 2.45) is 5.73 Å². The summed E-state index contributed by atoms with van der Waals surface area (Å²) in [6.07, 6.45) is 1.99. The number of aryl methyl sites for hydroxylation is 2. The Morgan fingerprint density at radius 2 is 2.00 bits per heavy atom. The molecule has 98 valence electrons. The average molecular weight is 247 g/mol. The Bertz CT molecular complexity index is 457. The standard InChI is InChI=1S/C14H21N3O/c1-9-5-6-10(2)12-11(9)13(14(18)17-12)16-8-4-3-7-15/h5-6,13,16H,3-4,7-8,15H2,1-2H3,(H,17,18). The molecule has 0 radical (unpaired) electrons. The van der Waals surface area contributed by atoms with Gasteiger partial charge in [-0.05, 0) is 50.9 Å². The maximum atomic E-state index is 12.0. The number of benzene rings is 1. The topological polar surface area (TPSA) is 67.2 Å². The zero-order valence-corrected chi connectivity index (χ0v) is 11.0. The van der Waals surface area contributed by atoms with Crippen LogP contribution in [0.5, 0.6) is 0 Å². The molecular formula is C14H21N3O. The quantitative estimate of drug-likeness (QED) is 0.693. The van der Waals surface area contributed by atoms with E-state index in [1.54, 1.807) is 0 Å². The number of hydrogen-bond acceptors (Lipinski definition) is 3. The molecule has 4 heteroatoms. The molecule has 0 bridgehead atoms. The normalized spacial score (nSPS) is 17.7. The minimum absolute atomic E-state index is 0.0511. The Morgan fingerprint density at radius 1 is 1.28 bits per heavy atom. The van der Waals surface area contributed by atoms with Gasteiger partial charge in [0.2, 0.25) is 5.91 Å². The minimum atomic E-state index is -0.210. The van der Waals surface area contributed by atoms with Gasteiger partial charge in [-0.3, -0.25) is 4.79 Å². The van der Waals surface area contributed by atoms with Crippen molar-refractivity contribution < 1.29 is 4.79 Å². The third kappa shape index (κ3) is 2.40. The molecule has 1 heterocycles. The summed E-state index contributed by atoms with van der Waals surface area (Å²) in [7, 11) is 0. The molecule has 0 saturated heterocycles. The summed E-state index contributed by atoms with van der Waals surface area (Å²) < 4.78 is 0. The van der Waals surface area contributed by atoms with E-state index in [9.17, 15) is 4.79 Å². The lowest BCUT2D eigenvalue weighted by atomic mass is 9.99. The van der Waals surface area contributed by atoms with Crippen LogP contribution in [0.1, 0.15) is 35.6 Å². The molecule has 2 rings (SSSR count). The van der Waals surface area contributed by atoms with E-state index in [1.165, 1.54) is 0 Å². The van der Waals surface area contributed by atoms with Gasteiger partial charge in [-0.2, -0.15) is 0 Å². The lowest BCUT2D eigenvalue weighted by Gasteiger charge is -2.13. The van der Waals surface area contributed by atoms with Crippen LogP contribution in [0.4, 0.5) is 5.69 Å². The Balaban J connectivity index is 2.14. The highest BCUT2D eigenvalue weighted by Gasteiger charge is 2.32. The summed E-state index contributed by atoms with van der Waals surface area (Å²) >= 11 is 0. The summed E-state index contributed by atoms with van der Waals surface area (Å²) in [6.45, 7) is 5.60. The molecule has 1 aliphatic heterocycles. The van der Waals surface area contributed by atoms with Gasteiger partial charge in [-0.15, -0.1) is 0 Å². The Labute approximate surface area is 108 Å². The summed E-state index contributed by atoms with van der Waals surface area (Å²) in [5.41, 5.74) is 9.83. The second-order valence-electron chi connectivity index (χ2n) is 4.86. The Hall–Kier alpha value is -1.39. The zero-order chi connectivity index (χ0) is 13.1. The first kappa shape index (κ1) is 13.1.